The number of halogens is 4. The van der Waals surface area contributed by atoms with Gasteiger partial charge in [-0.3, -0.25) is 0 Å². The zero-order chi connectivity index (χ0) is 21.7. The van der Waals surface area contributed by atoms with Crippen molar-refractivity contribution in [3.05, 3.63) is 89.5 Å². The van der Waals surface area contributed by atoms with Crippen molar-refractivity contribution in [2.45, 2.75) is 4.90 Å². The normalized spacial score (nSPS) is 11.0. The minimum atomic E-state index is -1.75. The van der Waals surface area contributed by atoms with Crippen LogP contribution >= 0.6 is 19.7 Å². The van der Waals surface area contributed by atoms with Crippen LogP contribution in [-0.2, 0) is 4.74 Å². The monoisotopic (exact) mass is 452 g/mol. The van der Waals surface area contributed by atoms with Crippen LogP contribution in [0, 0.1) is 23.3 Å². The average Bonchev–Trinajstić information content (AvgIpc) is 2.78. The summed E-state index contributed by atoms with van der Waals surface area (Å²) in [4.78, 5) is 10.7. The van der Waals surface area contributed by atoms with E-state index in [1.807, 2.05) is 60.7 Å². The van der Waals surface area contributed by atoms with Gasteiger partial charge in [0.05, 0.1) is 12.0 Å². The van der Waals surface area contributed by atoms with Crippen molar-refractivity contribution >= 4 is 36.3 Å². The van der Waals surface area contributed by atoms with Crippen LogP contribution in [0.1, 0.15) is 10.4 Å². The van der Waals surface area contributed by atoms with Gasteiger partial charge >= 0.3 is 5.97 Å². The number of ether oxygens (including phenoxy) is 1. The molecule has 0 N–H and O–H groups in total. The Balaban J connectivity index is 1.85. The number of benzene rings is 3. The summed E-state index contributed by atoms with van der Waals surface area (Å²) in [6.07, 6.45) is 0.537. The maximum Gasteiger partial charge on any atom is 0.344 e. The second kappa shape index (κ2) is 10.1. The van der Waals surface area contributed by atoms with Gasteiger partial charge in [0, 0.05) is 5.75 Å². The molecule has 30 heavy (non-hydrogen) atoms. The predicted octanol–water partition coefficient (Wildman–Crippen LogP) is 5.25. The van der Waals surface area contributed by atoms with Crippen molar-refractivity contribution in [3.63, 3.8) is 0 Å². The molecular weight excluding hydrogens is 435 g/mol. The first kappa shape index (κ1) is 22.3. The van der Waals surface area contributed by atoms with Crippen molar-refractivity contribution in [1.82, 2.24) is 0 Å². The molecule has 0 saturated carbocycles. The molecule has 3 rings (SSSR count). The fraction of sp³-hybridized carbons (Fsp3) is 0.136. The van der Waals surface area contributed by atoms with Crippen molar-refractivity contribution in [2.24, 2.45) is 0 Å². The molecule has 3 aromatic carbocycles. The number of esters is 1. The summed E-state index contributed by atoms with van der Waals surface area (Å²) >= 11 is 0.682. The molecule has 0 atom stereocenters. The topological polar surface area (TPSA) is 26.3 Å². The van der Waals surface area contributed by atoms with E-state index in [-0.39, 0.29) is 5.75 Å². The smallest absolute Gasteiger partial charge is 0.344 e. The first-order chi connectivity index (χ1) is 14.5. The maximum atomic E-state index is 14.4. The Hall–Kier alpha value is -2.37. The summed E-state index contributed by atoms with van der Waals surface area (Å²) in [7, 11) is 0.0419. The number of hydrogen-bond donors (Lipinski definition) is 0. The number of methoxy groups -OCH3 is 1. The maximum absolute atomic E-state index is 14.4. The van der Waals surface area contributed by atoms with Crippen molar-refractivity contribution in [2.75, 3.05) is 19.0 Å². The third-order valence-corrected chi connectivity index (χ3v) is 8.18. The molecule has 0 saturated heterocycles. The van der Waals surface area contributed by atoms with Gasteiger partial charge < -0.3 is 4.74 Å². The molecule has 3 aromatic rings. The van der Waals surface area contributed by atoms with Gasteiger partial charge in [-0.15, -0.1) is 11.8 Å². The van der Waals surface area contributed by atoms with Crippen LogP contribution in [0.4, 0.5) is 17.6 Å². The van der Waals surface area contributed by atoms with Crippen LogP contribution in [0.25, 0.3) is 0 Å². The predicted molar refractivity (Wildman–Crippen MR) is 112 cm³/mol. The van der Waals surface area contributed by atoms with Crippen molar-refractivity contribution in [3.8, 4) is 0 Å². The number of rotatable bonds is 7. The summed E-state index contributed by atoms with van der Waals surface area (Å²) in [5, 5.41) is 2.16. The van der Waals surface area contributed by atoms with Crippen LogP contribution < -0.4 is 10.6 Å². The van der Waals surface area contributed by atoms with E-state index in [0.717, 1.165) is 17.7 Å². The van der Waals surface area contributed by atoms with Crippen LogP contribution in [0.5, 0.6) is 0 Å². The zero-order valence-corrected chi connectivity index (χ0v) is 17.6. The minimum absolute atomic E-state index is 0.222. The van der Waals surface area contributed by atoms with Gasteiger partial charge in [0.2, 0.25) is 0 Å². The van der Waals surface area contributed by atoms with E-state index in [9.17, 15) is 22.4 Å². The SMILES string of the molecule is COC(=O)c1c(F)c(F)c(SCCP(c2ccccc2)c2ccccc2)c(F)c1F. The molecule has 0 radical (unpaired) electrons. The molecule has 0 aliphatic rings. The molecule has 0 fully saturated rings. The van der Waals surface area contributed by atoms with Gasteiger partial charge in [-0.25, -0.2) is 22.4 Å². The molecule has 0 amide bonds. The van der Waals surface area contributed by atoms with Crippen LogP contribution in [0.15, 0.2) is 65.6 Å². The molecule has 8 heteroatoms. The Labute approximate surface area is 177 Å². The van der Waals surface area contributed by atoms with E-state index < -0.39 is 47.6 Å². The standard InChI is InChI=1S/C22H17F4O2PS/c1-28-22(27)16-17(23)19(25)21(20(26)18(16)24)30-13-12-29(14-8-4-2-5-9-14)15-10-6-3-7-11-15/h2-11H,12-13H2,1H3. The molecule has 0 bridgehead atoms. The van der Waals surface area contributed by atoms with Gasteiger partial charge in [-0.1, -0.05) is 60.7 Å². The number of thioether (sulfide) groups is 1. The second-order valence-electron chi connectivity index (χ2n) is 6.12. The lowest BCUT2D eigenvalue weighted by Crippen LogP contribution is -2.15. The quantitative estimate of drug-likeness (QED) is 0.161. The highest BCUT2D eigenvalue weighted by molar-refractivity contribution is 7.99. The molecule has 0 aromatic heterocycles. The fourth-order valence-corrected chi connectivity index (χ4v) is 6.49. The lowest BCUT2D eigenvalue weighted by Gasteiger charge is -2.19. The Morgan fingerprint density at radius 2 is 1.30 bits per heavy atom. The lowest BCUT2D eigenvalue weighted by atomic mass is 10.2. The van der Waals surface area contributed by atoms with E-state index in [0.29, 0.717) is 17.9 Å². The molecular formula is C22H17F4O2PS. The summed E-state index contributed by atoms with van der Waals surface area (Å²) in [6, 6.07) is 19.4. The summed E-state index contributed by atoms with van der Waals surface area (Å²) in [5.74, 6) is -7.95. The first-order valence-electron chi connectivity index (χ1n) is 8.90. The minimum Gasteiger partial charge on any atom is -0.465 e. The molecule has 0 unspecified atom stereocenters. The molecule has 2 nitrogen and oxygen atoms in total. The highest BCUT2D eigenvalue weighted by Crippen LogP contribution is 2.37. The van der Waals surface area contributed by atoms with Crippen LogP contribution in [-0.4, -0.2) is 25.0 Å². The lowest BCUT2D eigenvalue weighted by molar-refractivity contribution is 0.0586. The second-order valence-corrected chi connectivity index (χ2v) is 9.56. The van der Waals surface area contributed by atoms with E-state index in [4.69, 9.17) is 0 Å². The Morgan fingerprint density at radius 1 is 0.833 bits per heavy atom. The Bertz CT molecular complexity index is 964. The third kappa shape index (κ3) is 4.68. The largest absolute Gasteiger partial charge is 0.465 e. The highest BCUT2D eigenvalue weighted by atomic mass is 32.2. The van der Waals surface area contributed by atoms with Gasteiger partial charge in [-0.2, -0.15) is 0 Å². The Morgan fingerprint density at radius 3 is 1.73 bits per heavy atom. The number of hydrogen-bond acceptors (Lipinski definition) is 3. The van der Waals surface area contributed by atoms with Crippen molar-refractivity contribution in [1.29, 1.82) is 0 Å². The summed E-state index contributed by atoms with van der Waals surface area (Å²) in [6.45, 7) is 0. The molecule has 0 spiro atoms. The summed E-state index contributed by atoms with van der Waals surface area (Å²) < 4.78 is 61.3. The molecule has 156 valence electrons. The molecule has 0 aliphatic carbocycles. The number of carbonyl (C=O) groups is 1. The highest BCUT2D eigenvalue weighted by Gasteiger charge is 2.30. The van der Waals surface area contributed by atoms with Crippen molar-refractivity contribution < 1.29 is 27.1 Å². The Kier molecular flexibility index (Phi) is 7.51. The fourth-order valence-electron chi connectivity index (χ4n) is 2.88. The van der Waals surface area contributed by atoms with E-state index in [1.165, 1.54) is 0 Å². The molecule has 0 aliphatic heterocycles. The average molecular weight is 452 g/mol. The zero-order valence-electron chi connectivity index (χ0n) is 15.9. The third-order valence-electron chi connectivity index (χ3n) is 4.31. The van der Waals surface area contributed by atoms with Gasteiger partial charge in [0.15, 0.2) is 23.3 Å². The van der Waals surface area contributed by atoms with Gasteiger partial charge in [0.1, 0.15) is 5.56 Å². The first-order valence-corrected chi connectivity index (χ1v) is 11.4. The number of carbonyl (C=O) groups excluding carboxylic acids is 1. The van der Waals surface area contributed by atoms with E-state index in [1.54, 1.807) is 0 Å². The van der Waals surface area contributed by atoms with Crippen LogP contribution in [0.2, 0.25) is 0 Å². The van der Waals surface area contributed by atoms with Gasteiger partial charge in [-0.05, 0) is 24.7 Å². The van der Waals surface area contributed by atoms with Crippen LogP contribution in [0.3, 0.4) is 0 Å². The van der Waals surface area contributed by atoms with Gasteiger partial charge in [0.25, 0.3) is 0 Å². The van der Waals surface area contributed by atoms with E-state index in [2.05, 4.69) is 4.74 Å². The molecule has 0 heterocycles. The summed E-state index contributed by atoms with van der Waals surface area (Å²) in [5.41, 5.74) is -1.37. The van der Waals surface area contributed by atoms with E-state index >= 15 is 0 Å².